The Kier molecular flexibility index (Phi) is 5.58. The number of nitrogens with zero attached hydrogens (tertiary/aromatic N) is 2. The number of rotatable bonds is 5. The second-order valence-electron chi connectivity index (χ2n) is 4.29. The first-order valence-electron chi connectivity index (χ1n) is 5.75. The summed E-state index contributed by atoms with van der Waals surface area (Å²) < 4.78 is 0.909. The highest BCUT2D eigenvalue weighted by atomic mass is 79.9. The van der Waals surface area contributed by atoms with Gasteiger partial charge in [-0.25, -0.2) is 4.79 Å². The number of carboxylic acid groups (broad SMARTS) is 1. The number of carboxylic acids is 1. The molecule has 0 aromatic heterocycles. The van der Waals surface area contributed by atoms with E-state index in [1.54, 1.807) is 6.08 Å². The molecule has 1 unspecified atom stereocenters. The third kappa shape index (κ3) is 4.76. The van der Waals surface area contributed by atoms with Crippen LogP contribution in [0.25, 0.3) is 6.08 Å². The maximum Gasteiger partial charge on any atom is 0.328 e. The van der Waals surface area contributed by atoms with Crippen LogP contribution in [0.15, 0.2) is 28.7 Å². The Bertz CT molecular complexity index is 535. The Morgan fingerprint density at radius 1 is 1.63 bits per heavy atom. The molecule has 0 saturated heterocycles. The Labute approximate surface area is 121 Å². The third-order valence-corrected chi connectivity index (χ3v) is 3.07. The van der Waals surface area contributed by atoms with Crippen molar-refractivity contribution in [3.63, 3.8) is 0 Å². The van der Waals surface area contributed by atoms with Crippen LogP contribution < -0.4 is 4.90 Å². The van der Waals surface area contributed by atoms with E-state index in [0.717, 1.165) is 21.8 Å². The first-order chi connectivity index (χ1) is 8.93. The van der Waals surface area contributed by atoms with Crippen LogP contribution in [0.4, 0.5) is 5.69 Å². The zero-order valence-corrected chi connectivity index (χ0v) is 12.4. The molecule has 19 heavy (non-hydrogen) atoms. The molecular weight excluding hydrogens is 308 g/mol. The lowest BCUT2D eigenvalue weighted by Gasteiger charge is -2.22. The molecule has 0 spiro atoms. The van der Waals surface area contributed by atoms with Gasteiger partial charge >= 0.3 is 5.97 Å². The van der Waals surface area contributed by atoms with Gasteiger partial charge < -0.3 is 10.0 Å². The molecule has 0 aliphatic heterocycles. The van der Waals surface area contributed by atoms with Crippen molar-refractivity contribution >= 4 is 33.7 Å². The molecule has 0 amide bonds. The molecule has 0 radical (unpaired) electrons. The van der Waals surface area contributed by atoms with Crippen LogP contribution in [0.3, 0.4) is 0 Å². The van der Waals surface area contributed by atoms with E-state index in [2.05, 4.69) is 22.0 Å². The minimum Gasteiger partial charge on any atom is -0.478 e. The highest BCUT2D eigenvalue weighted by Crippen LogP contribution is 2.26. The van der Waals surface area contributed by atoms with Gasteiger partial charge in [0.05, 0.1) is 12.0 Å². The van der Waals surface area contributed by atoms with Crippen LogP contribution in [0.2, 0.25) is 0 Å². The van der Waals surface area contributed by atoms with Crippen LogP contribution in [0.1, 0.15) is 12.5 Å². The Balaban J connectivity index is 3.06. The second-order valence-corrected chi connectivity index (χ2v) is 5.20. The van der Waals surface area contributed by atoms with Crippen molar-refractivity contribution in [3.05, 3.63) is 34.3 Å². The summed E-state index contributed by atoms with van der Waals surface area (Å²) in [6.45, 7) is 2.43. The van der Waals surface area contributed by atoms with Gasteiger partial charge in [-0.2, -0.15) is 5.26 Å². The summed E-state index contributed by atoms with van der Waals surface area (Å²) in [7, 11) is 1.88. The van der Waals surface area contributed by atoms with Crippen molar-refractivity contribution in [2.45, 2.75) is 6.92 Å². The van der Waals surface area contributed by atoms with Gasteiger partial charge in [0.1, 0.15) is 0 Å². The maximum absolute atomic E-state index is 10.6. The molecule has 1 N–H and O–H groups in total. The fourth-order valence-electron chi connectivity index (χ4n) is 1.70. The minimum absolute atomic E-state index is 0.0970. The third-order valence-electron chi connectivity index (χ3n) is 2.58. The van der Waals surface area contributed by atoms with Gasteiger partial charge in [0.25, 0.3) is 0 Å². The molecule has 1 rings (SSSR count). The van der Waals surface area contributed by atoms with E-state index in [-0.39, 0.29) is 5.92 Å². The average Bonchev–Trinajstić information content (AvgIpc) is 2.36. The number of anilines is 1. The first-order valence-corrected chi connectivity index (χ1v) is 6.54. The van der Waals surface area contributed by atoms with Crippen molar-refractivity contribution in [1.29, 1.82) is 5.26 Å². The summed E-state index contributed by atoms with van der Waals surface area (Å²) in [5.74, 6) is -1.08. The molecule has 1 atom stereocenters. The van der Waals surface area contributed by atoms with Gasteiger partial charge in [0.15, 0.2) is 0 Å². The molecule has 0 fully saturated rings. The van der Waals surface area contributed by atoms with Crippen molar-refractivity contribution in [2.24, 2.45) is 5.92 Å². The average molecular weight is 323 g/mol. The van der Waals surface area contributed by atoms with E-state index < -0.39 is 5.97 Å². The summed E-state index contributed by atoms with van der Waals surface area (Å²) >= 11 is 3.40. The maximum atomic E-state index is 10.6. The standard InChI is InChI=1S/C14H15BrN2O2/c1-10(8-16)9-17(2)13-7-12(15)5-3-11(13)4-6-14(18)19/h3-7,10H,9H2,1-2H3,(H,18,19)/b6-4+. The molecule has 0 aliphatic carbocycles. The van der Waals surface area contributed by atoms with Crippen molar-refractivity contribution in [3.8, 4) is 6.07 Å². The fourth-order valence-corrected chi connectivity index (χ4v) is 2.05. The van der Waals surface area contributed by atoms with E-state index in [4.69, 9.17) is 10.4 Å². The highest BCUT2D eigenvalue weighted by Gasteiger charge is 2.10. The first kappa shape index (κ1) is 15.3. The molecular formula is C14H15BrN2O2. The minimum atomic E-state index is -0.984. The SMILES string of the molecule is CC(C#N)CN(C)c1cc(Br)ccc1/C=C/C(=O)O. The smallest absolute Gasteiger partial charge is 0.328 e. The van der Waals surface area contributed by atoms with Gasteiger partial charge in [0.2, 0.25) is 0 Å². The van der Waals surface area contributed by atoms with Gasteiger partial charge in [-0.3, -0.25) is 0 Å². The monoisotopic (exact) mass is 322 g/mol. The molecule has 0 saturated carbocycles. The number of hydrogen-bond donors (Lipinski definition) is 1. The van der Waals surface area contributed by atoms with E-state index in [9.17, 15) is 4.79 Å². The van der Waals surface area contributed by atoms with Crippen LogP contribution in [-0.2, 0) is 4.79 Å². The summed E-state index contributed by atoms with van der Waals surface area (Å²) in [6.07, 6.45) is 2.66. The van der Waals surface area contributed by atoms with Crippen LogP contribution >= 0.6 is 15.9 Å². The number of benzene rings is 1. The lowest BCUT2D eigenvalue weighted by Crippen LogP contribution is -2.23. The van der Waals surface area contributed by atoms with Crippen LogP contribution in [0, 0.1) is 17.2 Å². The van der Waals surface area contributed by atoms with Crippen LogP contribution in [0.5, 0.6) is 0 Å². The van der Waals surface area contributed by atoms with E-state index in [0.29, 0.717) is 6.54 Å². The summed E-state index contributed by atoms with van der Waals surface area (Å²) in [5.41, 5.74) is 1.69. The van der Waals surface area contributed by atoms with E-state index >= 15 is 0 Å². The molecule has 0 heterocycles. The largest absolute Gasteiger partial charge is 0.478 e. The van der Waals surface area contributed by atoms with E-state index in [1.807, 2.05) is 37.1 Å². The Morgan fingerprint density at radius 2 is 2.32 bits per heavy atom. The predicted octanol–water partition coefficient (Wildman–Crippen LogP) is 3.14. The zero-order chi connectivity index (χ0) is 14.4. The molecule has 5 heteroatoms. The number of aliphatic carboxylic acids is 1. The highest BCUT2D eigenvalue weighted by molar-refractivity contribution is 9.10. The fraction of sp³-hybridized carbons (Fsp3) is 0.286. The Morgan fingerprint density at radius 3 is 2.89 bits per heavy atom. The van der Waals surface area contributed by atoms with E-state index in [1.165, 1.54) is 0 Å². The normalized spacial score (nSPS) is 12.1. The second kappa shape index (κ2) is 6.95. The lowest BCUT2D eigenvalue weighted by atomic mass is 10.1. The molecule has 1 aromatic rings. The summed E-state index contributed by atoms with van der Waals surface area (Å²) in [4.78, 5) is 12.5. The zero-order valence-electron chi connectivity index (χ0n) is 10.8. The number of hydrogen-bond acceptors (Lipinski definition) is 3. The summed E-state index contributed by atoms with van der Waals surface area (Å²) in [6, 6.07) is 7.79. The molecule has 100 valence electrons. The van der Waals surface area contributed by atoms with Crippen molar-refractivity contribution in [2.75, 3.05) is 18.5 Å². The molecule has 0 aliphatic rings. The topological polar surface area (TPSA) is 64.3 Å². The van der Waals surface area contributed by atoms with Gasteiger partial charge in [-0.1, -0.05) is 22.0 Å². The number of halogens is 1. The van der Waals surface area contributed by atoms with Crippen LogP contribution in [-0.4, -0.2) is 24.7 Å². The molecule has 0 bridgehead atoms. The van der Waals surface area contributed by atoms with Gasteiger partial charge in [0, 0.05) is 29.8 Å². The van der Waals surface area contributed by atoms with Gasteiger partial charge in [-0.15, -0.1) is 0 Å². The quantitative estimate of drug-likeness (QED) is 0.846. The Hall–Kier alpha value is -1.80. The van der Waals surface area contributed by atoms with Crippen molar-refractivity contribution < 1.29 is 9.90 Å². The van der Waals surface area contributed by atoms with Gasteiger partial charge in [-0.05, 0) is 30.7 Å². The lowest BCUT2D eigenvalue weighted by molar-refractivity contribution is -0.131. The number of nitriles is 1. The summed E-state index contributed by atoms with van der Waals surface area (Å²) in [5, 5.41) is 17.5. The predicted molar refractivity (Wildman–Crippen MR) is 78.9 cm³/mol. The van der Waals surface area contributed by atoms with Crippen molar-refractivity contribution in [1.82, 2.24) is 0 Å². The molecule has 1 aromatic carbocycles. The number of carbonyl (C=O) groups is 1. The molecule has 4 nitrogen and oxygen atoms in total.